The molecule has 1 aromatic carbocycles. The Morgan fingerprint density at radius 3 is 2.76 bits per heavy atom. The summed E-state index contributed by atoms with van der Waals surface area (Å²) in [5, 5.41) is 0.604. The number of aromatic nitrogens is 4. The standard InChI is InChI=1S/C18H19N5O2/c1-21-11-9-19-16(18(21)25)23-10-5-8-14(23)15-20-13-7-4-3-6-12(13)17(24)22(15)2/h3-4,6-7,9,11,14H,5,8,10H2,1-2H3. The van der Waals surface area contributed by atoms with Crippen molar-refractivity contribution in [2.75, 3.05) is 11.4 Å². The predicted octanol–water partition coefficient (Wildman–Crippen LogP) is 1.37. The van der Waals surface area contributed by atoms with E-state index < -0.39 is 0 Å². The minimum atomic E-state index is -0.139. The first-order chi connectivity index (χ1) is 12.1. The topological polar surface area (TPSA) is 73.0 Å². The van der Waals surface area contributed by atoms with Gasteiger partial charge in [-0.3, -0.25) is 14.2 Å². The Balaban J connectivity index is 1.88. The molecule has 1 aliphatic rings. The molecule has 7 heteroatoms. The third-order valence-electron chi connectivity index (χ3n) is 4.84. The van der Waals surface area contributed by atoms with Crippen LogP contribution in [0.2, 0.25) is 0 Å². The van der Waals surface area contributed by atoms with Gasteiger partial charge in [-0.15, -0.1) is 0 Å². The number of benzene rings is 1. The Hall–Kier alpha value is -2.96. The van der Waals surface area contributed by atoms with Crippen LogP contribution in [-0.4, -0.2) is 25.6 Å². The molecule has 128 valence electrons. The largest absolute Gasteiger partial charge is 0.342 e. The summed E-state index contributed by atoms with van der Waals surface area (Å²) in [7, 11) is 3.45. The Morgan fingerprint density at radius 1 is 1.12 bits per heavy atom. The minimum Gasteiger partial charge on any atom is -0.342 e. The van der Waals surface area contributed by atoms with Crippen molar-refractivity contribution >= 4 is 16.7 Å². The smallest absolute Gasteiger partial charge is 0.293 e. The van der Waals surface area contributed by atoms with Crippen molar-refractivity contribution in [1.82, 2.24) is 19.1 Å². The van der Waals surface area contributed by atoms with Gasteiger partial charge >= 0.3 is 0 Å². The normalized spacial score (nSPS) is 17.4. The van der Waals surface area contributed by atoms with Gasteiger partial charge in [-0.2, -0.15) is 0 Å². The van der Waals surface area contributed by atoms with Crippen LogP contribution >= 0.6 is 0 Å². The van der Waals surface area contributed by atoms with Crippen LogP contribution in [0.1, 0.15) is 24.7 Å². The molecule has 25 heavy (non-hydrogen) atoms. The zero-order valence-electron chi connectivity index (χ0n) is 14.2. The molecular weight excluding hydrogens is 318 g/mol. The van der Waals surface area contributed by atoms with Crippen LogP contribution in [0.5, 0.6) is 0 Å². The van der Waals surface area contributed by atoms with Crippen LogP contribution in [-0.2, 0) is 14.1 Å². The fourth-order valence-electron chi connectivity index (χ4n) is 3.50. The highest BCUT2D eigenvalue weighted by Gasteiger charge is 2.32. The lowest BCUT2D eigenvalue weighted by Gasteiger charge is -2.26. The minimum absolute atomic E-state index is 0.0682. The molecule has 0 N–H and O–H groups in total. The molecule has 3 heterocycles. The highest BCUT2D eigenvalue weighted by molar-refractivity contribution is 5.77. The molecule has 1 fully saturated rings. The maximum absolute atomic E-state index is 12.7. The van der Waals surface area contributed by atoms with E-state index in [1.54, 1.807) is 37.1 Å². The first-order valence-electron chi connectivity index (χ1n) is 8.32. The number of para-hydroxylation sites is 1. The number of aryl methyl sites for hydroxylation is 1. The lowest BCUT2D eigenvalue weighted by molar-refractivity contribution is 0.603. The molecule has 1 aliphatic heterocycles. The number of hydrogen-bond acceptors (Lipinski definition) is 5. The van der Waals surface area contributed by atoms with Gasteiger partial charge in [0.2, 0.25) is 0 Å². The lowest BCUT2D eigenvalue weighted by Crippen LogP contribution is -2.35. The van der Waals surface area contributed by atoms with E-state index >= 15 is 0 Å². The number of hydrogen-bond donors (Lipinski definition) is 0. The summed E-state index contributed by atoms with van der Waals surface area (Å²) in [6.07, 6.45) is 5.02. The van der Waals surface area contributed by atoms with E-state index in [4.69, 9.17) is 4.98 Å². The van der Waals surface area contributed by atoms with Crippen molar-refractivity contribution in [3.05, 3.63) is 63.2 Å². The van der Waals surface area contributed by atoms with Crippen molar-refractivity contribution in [2.24, 2.45) is 14.1 Å². The SMILES string of the molecule is Cn1ccnc(N2CCCC2c2nc3ccccc3c(=O)n2C)c1=O. The van der Waals surface area contributed by atoms with E-state index in [1.807, 2.05) is 23.1 Å². The summed E-state index contributed by atoms with van der Waals surface area (Å²) < 4.78 is 3.11. The zero-order valence-corrected chi connectivity index (χ0v) is 14.2. The van der Waals surface area contributed by atoms with Crippen LogP contribution in [0.15, 0.2) is 46.2 Å². The van der Waals surface area contributed by atoms with Crippen LogP contribution in [0, 0.1) is 0 Å². The molecule has 0 aliphatic carbocycles. The van der Waals surface area contributed by atoms with Crippen LogP contribution in [0.25, 0.3) is 10.9 Å². The summed E-state index contributed by atoms with van der Waals surface area (Å²) in [5.74, 6) is 1.09. The molecule has 7 nitrogen and oxygen atoms in total. The molecule has 0 bridgehead atoms. The van der Waals surface area contributed by atoms with E-state index in [2.05, 4.69) is 4.98 Å². The molecule has 1 unspecified atom stereocenters. The molecule has 3 aromatic rings. The lowest BCUT2D eigenvalue weighted by atomic mass is 10.1. The van der Waals surface area contributed by atoms with Crippen LogP contribution in [0.4, 0.5) is 5.82 Å². The van der Waals surface area contributed by atoms with Crippen molar-refractivity contribution in [1.29, 1.82) is 0 Å². The van der Waals surface area contributed by atoms with Gasteiger partial charge < -0.3 is 9.47 Å². The molecule has 1 saturated heterocycles. The fourth-order valence-corrected chi connectivity index (χ4v) is 3.50. The van der Waals surface area contributed by atoms with Gasteiger partial charge in [0.15, 0.2) is 5.82 Å². The van der Waals surface area contributed by atoms with Crippen LogP contribution < -0.4 is 16.0 Å². The van der Waals surface area contributed by atoms with E-state index in [9.17, 15) is 9.59 Å². The molecule has 0 spiro atoms. The summed E-state index contributed by atoms with van der Waals surface area (Å²) in [6.45, 7) is 0.722. The summed E-state index contributed by atoms with van der Waals surface area (Å²) in [5.41, 5.74) is 0.475. The second-order valence-electron chi connectivity index (χ2n) is 6.37. The molecule has 2 aromatic heterocycles. The van der Waals surface area contributed by atoms with Crippen molar-refractivity contribution < 1.29 is 0 Å². The third-order valence-corrected chi connectivity index (χ3v) is 4.84. The van der Waals surface area contributed by atoms with Gasteiger partial charge in [0.05, 0.1) is 16.9 Å². The number of rotatable bonds is 2. The first kappa shape index (κ1) is 15.6. The maximum atomic E-state index is 12.7. The average Bonchev–Trinajstić information content (AvgIpc) is 3.10. The predicted molar refractivity (Wildman–Crippen MR) is 95.8 cm³/mol. The zero-order chi connectivity index (χ0) is 17.6. The van der Waals surface area contributed by atoms with E-state index in [-0.39, 0.29) is 17.2 Å². The van der Waals surface area contributed by atoms with Crippen molar-refractivity contribution in [3.8, 4) is 0 Å². The van der Waals surface area contributed by atoms with Gasteiger partial charge in [-0.05, 0) is 25.0 Å². The van der Waals surface area contributed by atoms with Gasteiger partial charge in [0.1, 0.15) is 5.82 Å². The second kappa shape index (κ2) is 5.84. The second-order valence-corrected chi connectivity index (χ2v) is 6.37. The average molecular weight is 337 g/mol. The van der Waals surface area contributed by atoms with Gasteiger partial charge in [-0.25, -0.2) is 9.97 Å². The quantitative estimate of drug-likeness (QED) is 0.706. The van der Waals surface area contributed by atoms with E-state index in [0.29, 0.717) is 22.5 Å². The van der Waals surface area contributed by atoms with Gasteiger partial charge in [-0.1, -0.05) is 12.1 Å². The highest BCUT2D eigenvalue weighted by Crippen LogP contribution is 2.32. The maximum Gasteiger partial charge on any atom is 0.293 e. The molecule has 0 amide bonds. The van der Waals surface area contributed by atoms with Gasteiger partial charge in [0, 0.05) is 33.0 Å². The molecule has 4 rings (SSSR count). The molecular formula is C18H19N5O2. The fraction of sp³-hybridized carbons (Fsp3) is 0.333. The van der Waals surface area contributed by atoms with Crippen LogP contribution in [0.3, 0.4) is 0 Å². The summed E-state index contributed by atoms with van der Waals surface area (Å²) >= 11 is 0. The third kappa shape index (κ3) is 2.43. The monoisotopic (exact) mass is 337 g/mol. The first-order valence-corrected chi connectivity index (χ1v) is 8.32. The van der Waals surface area contributed by atoms with E-state index in [0.717, 1.165) is 19.4 Å². The Bertz CT molecular complexity index is 1070. The molecule has 0 saturated carbocycles. The number of fused-ring (bicyclic) bond motifs is 1. The molecule has 1 atom stereocenters. The number of anilines is 1. The summed E-state index contributed by atoms with van der Waals surface area (Å²) in [6, 6.07) is 7.21. The van der Waals surface area contributed by atoms with Gasteiger partial charge in [0.25, 0.3) is 11.1 Å². The Labute approximate surface area is 144 Å². The highest BCUT2D eigenvalue weighted by atomic mass is 16.1. The molecule has 0 radical (unpaired) electrons. The Morgan fingerprint density at radius 2 is 1.92 bits per heavy atom. The summed E-state index contributed by atoms with van der Waals surface area (Å²) in [4.78, 5) is 36.1. The van der Waals surface area contributed by atoms with E-state index in [1.165, 1.54) is 4.57 Å². The Kier molecular flexibility index (Phi) is 3.63. The van der Waals surface area contributed by atoms with Crippen molar-refractivity contribution in [2.45, 2.75) is 18.9 Å². The number of nitrogens with zero attached hydrogens (tertiary/aromatic N) is 5. The van der Waals surface area contributed by atoms with Crippen molar-refractivity contribution in [3.63, 3.8) is 0 Å².